The fourth-order valence-corrected chi connectivity index (χ4v) is 2.27. The highest BCUT2D eigenvalue weighted by atomic mass is 32.1. The molecule has 0 fully saturated rings. The first-order chi connectivity index (χ1) is 8.29. The first kappa shape index (κ1) is 11.5. The van der Waals surface area contributed by atoms with E-state index in [4.69, 9.17) is 11.0 Å². The molecule has 4 heteroatoms. The number of nitrogens with two attached hydrogens (primary N) is 1. The second-order valence-corrected chi connectivity index (χ2v) is 4.70. The summed E-state index contributed by atoms with van der Waals surface area (Å²) >= 11 is 1.76. The second-order valence-electron chi connectivity index (χ2n) is 3.67. The predicted octanol–water partition coefficient (Wildman–Crippen LogP) is 2.86. The van der Waals surface area contributed by atoms with Crippen LogP contribution in [0, 0.1) is 11.3 Å². The zero-order valence-electron chi connectivity index (χ0n) is 9.31. The molecule has 0 saturated carbocycles. The molecule has 0 spiro atoms. The Morgan fingerprint density at radius 3 is 2.88 bits per heavy atom. The number of hydrogen-bond acceptors (Lipinski definition) is 4. The SMILES string of the molecule is N#Cc1ccc(NCCc2cccs2)cc1N. The Labute approximate surface area is 105 Å². The van der Waals surface area contributed by atoms with Crippen molar-refractivity contribution in [1.82, 2.24) is 0 Å². The van der Waals surface area contributed by atoms with Crippen molar-refractivity contribution in [2.75, 3.05) is 17.6 Å². The Bertz CT molecular complexity index is 526. The van der Waals surface area contributed by atoms with Gasteiger partial charge in [0, 0.05) is 17.1 Å². The number of nitrogens with zero attached hydrogens (tertiary/aromatic N) is 1. The summed E-state index contributed by atoms with van der Waals surface area (Å²) in [4.78, 5) is 1.36. The molecule has 0 atom stereocenters. The van der Waals surface area contributed by atoms with Crippen LogP contribution in [-0.2, 0) is 6.42 Å². The molecular weight excluding hydrogens is 230 g/mol. The predicted molar refractivity (Wildman–Crippen MR) is 72.1 cm³/mol. The molecule has 0 aliphatic carbocycles. The van der Waals surface area contributed by atoms with Gasteiger partial charge in [-0.2, -0.15) is 5.26 Å². The molecule has 86 valence electrons. The van der Waals surface area contributed by atoms with Crippen molar-refractivity contribution < 1.29 is 0 Å². The summed E-state index contributed by atoms with van der Waals surface area (Å²) in [6.07, 6.45) is 0.998. The lowest BCUT2D eigenvalue weighted by Crippen LogP contribution is -2.04. The molecule has 3 nitrogen and oxygen atoms in total. The number of nitrogens with one attached hydrogen (secondary N) is 1. The van der Waals surface area contributed by atoms with Gasteiger partial charge in [-0.05, 0) is 36.1 Å². The molecule has 17 heavy (non-hydrogen) atoms. The molecule has 2 rings (SSSR count). The van der Waals surface area contributed by atoms with E-state index in [1.807, 2.05) is 12.1 Å². The van der Waals surface area contributed by atoms with Crippen LogP contribution in [0.15, 0.2) is 35.7 Å². The number of hydrogen-bond donors (Lipinski definition) is 2. The molecule has 0 aliphatic heterocycles. The Hall–Kier alpha value is -1.99. The standard InChI is InChI=1S/C13H13N3S/c14-9-10-3-4-11(8-13(10)15)16-6-5-12-2-1-7-17-12/h1-4,7-8,16H,5-6,15H2. The minimum Gasteiger partial charge on any atom is -0.398 e. The number of rotatable bonds is 4. The zero-order valence-corrected chi connectivity index (χ0v) is 10.1. The first-order valence-electron chi connectivity index (χ1n) is 5.35. The van der Waals surface area contributed by atoms with Gasteiger partial charge in [0.15, 0.2) is 0 Å². The van der Waals surface area contributed by atoms with Crippen LogP contribution in [0.4, 0.5) is 11.4 Å². The lowest BCUT2D eigenvalue weighted by Gasteiger charge is -2.06. The summed E-state index contributed by atoms with van der Waals surface area (Å²) in [5.41, 5.74) is 7.74. The van der Waals surface area contributed by atoms with Crippen molar-refractivity contribution >= 4 is 22.7 Å². The smallest absolute Gasteiger partial charge is 0.101 e. The lowest BCUT2D eigenvalue weighted by molar-refractivity contribution is 1.04. The van der Waals surface area contributed by atoms with Gasteiger partial charge >= 0.3 is 0 Å². The molecule has 3 N–H and O–H groups in total. The average Bonchev–Trinajstić information content (AvgIpc) is 2.82. The van der Waals surface area contributed by atoms with Crippen LogP contribution in [0.2, 0.25) is 0 Å². The maximum absolute atomic E-state index is 8.76. The summed E-state index contributed by atoms with van der Waals surface area (Å²) in [5.74, 6) is 0. The van der Waals surface area contributed by atoms with E-state index in [9.17, 15) is 0 Å². The first-order valence-corrected chi connectivity index (χ1v) is 6.23. The molecule has 1 aromatic carbocycles. The minimum absolute atomic E-state index is 0.522. The summed E-state index contributed by atoms with van der Waals surface area (Å²) in [5, 5.41) is 14.1. The van der Waals surface area contributed by atoms with Crippen molar-refractivity contribution in [1.29, 1.82) is 5.26 Å². The van der Waals surface area contributed by atoms with Gasteiger partial charge in [-0.3, -0.25) is 0 Å². The number of anilines is 2. The molecule has 2 aromatic rings. The van der Waals surface area contributed by atoms with Gasteiger partial charge in [-0.15, -0.1) is 11.3 Å². The van der Waals surface area contributed by atoms with Gasteiger partial charge in [0.2, 0.25) is 0 Å². The molecule has 0 amide bonds. The summed E-state index contributed by atoms with van der Waals surface area (Å²) in [6, 6.07) is 11.6. The van der Waals surface area contributed by atoms with Gasteiger partial charge in [0.05, 0.1) is 11.3 Å². The summed E-state index contributed by atoms with van der Waals surface area (Å²) < 4.78 is 0. The normalized spacial score (nSPS) is 9.82. The summed E-state index contributed by atoms with van der Waals surface area (Å²) in [6.45, 7) is 0.867. The van der Waals surface area contributed by atoms with Crippen molar-refractivity contribution in [2.45, 2.75) is 6.42 Å². The van der Waals surface area contributed by atoms with Crippen molar-refractivity contribution in [3.63, 3.8) is 0 Å². The summed E-state index contributed by atoms with van der Waals surface area (Å²) in [7, 11) is 0. The Morgan fingerprint density at radius 1 is 1.35 bits per heavy atom. The molecule has 1 aromatic heterocycles. The number of thiophene rings is 1. The highest BCUT2D eigenvalue weighted by Gasteiger charge is 1.99. The van der Waals surface area contributed by atoms with E-state index in [2.05, 4.69) is 22.8 Å². The lowest BCUT2D eigenvalue weighted by atomic mass is 10.2. The monoisotopic (exact) mass is 243 g/mol. The fraction of sp³-hybridized carbons (Fsp3) is 0.154. The Balaban J connectivity index is 1.91. The molecule has 0 unspecified atom stereocenters. The maximum atomic E-state index is 8.76. The highest BCUT2D eigenvalue weighted by molar-refractivity contribution is 7.09. The highest BCUT2D eigenvalue weighted by Crippen LogP contribution is 2.17. The maximum Gasteiger partial charge on any atom is 0.101 e. The Kier molecular flexibility index (Phi) is 3.63. The zero-order chi connectivity index (χ0) is 12.1. The minimum atomic E-state index is 0.522. The van der Waals surface area contributed by atoms with Crippen molar-refractivity contribution in [3.05, 3.63) is 46.2 Å². The van der Waals surface area contributed by atoms with Crippen LogP contribution >= 0.6 is 11.3 Å². The molecule has 0 saturated heterocycles. The van der Waals surface area contributed by atoms with E-state index in [1.165, 1.54) is 4.88 Å². The quantitative estimate of drug-likeness (QED) is 0.812. The van der Waals surface area contributed by atoms with Gasteiger partial charge in [0.1, 0.15) is 6.07 Å². The second kappa shape index (κ2) is 5.37. The van der Waals surface area contributed by atoms with Gasteiger partial charge in [-0.25, -0.2) is 0 Å². The van der Waals surface area contributed by atoms with Gasteiger partial charge in [-0.1, -0.05) is 6.07 Å². The van der Waals surface area contributed by atoms with E-state index < -0.39 is 0 Å². The molecule has 0 radical (unpaired) electrons. The average molecular weight is 243 g/mol. The van der Waals surface area contributed by atoms with Crippen LogP contribution in [0.25, 0.3) is 0 Å². The Morgan fingerprint density at radius 2 is 2.24 bits per heavy atom. The number of benzene rings is 1. The molecule has 0 bridgehead atoms. The third-order valence-corrected chi connectivity index (χ3v) is 3.39. The van der Waals surface area contributed by atoms with E-state index in [1.54, 1.807) is 23.5 Å². The van der Waals surface area contributed by atoms with Crippen LogP contribution < -0.4 is 11.1 Å². The van der Waals surface area contributed by atoms with Crippen molar-refractivity contribution in [2.24, 2.45) is 0 Å². The van der Waals surface area contributed by atoms with Crippen LogP contribution in [0.3, 0.4) is 0 Å². The number of nitrogen functional groups attached to an aromatic ring is 1. The topological polar surface area (TPSA) is 61.8 Å². The molecular formula is C13H13N3S. The van der Waals surface area contributed by atoms with Gasteiger partial charge < -0.3 is 11.1 Å². The third kappa shape index (κ3) is 2.99. The largest absolute Gasteiger partial charge is 0.398 e. The number of nitriles is 1. The van der Waals surface area contributed by atoms with E-state index in [0.717, 1.165) is 18.7 Å². The van der Waals surface area contributed by atoms with Gasteiger partial charge in [0.25, 0.3) is 0 Å². The molecule has 0 aliphatic rings. The molecule has 1 heterocycles. The third-order valence-electron chi connectivity index (χ3n) is 2.45. The van der Waals surface area contributed by atoms with E-state index in [0.29, 0.717) is 11.3 Å². The van der Waals surface area contributed by atoms with Crippen LogP contribution in [0.1, 0.15) is 10.4 Å². The fourth-order valence-electron chi connectivity index (χ4n) is 1.56. The van der Waals surface area contributed by atoms with Crippen molar-refractivity contribution in [3.8, 4) is 6.07 Å². The van der Waals surface area contributed by atoms with Crippen LogP contribution in [0.5, 0.6) is 0 Å². The van der Waals surface area contributed by atoms with E-state index >= 15 is 0 Å². The van der Waals surface area contributed by atoms with Crippen LogP contribution in [-0.4, -0.2) is 6.54 Å². The van der Waals surface area contributed by atoms with E-state index in [-0.39, 0.29) is 0 Å².